The Kier molecular flexibility index (Phi) is 3.90. The Morgan fingerprint density at radius 1 is 1.33 bits per heavy atom. The number of nitrogen functional groups attached to an aromatic ring is 1. The van der Waals surface area contributed by atoms with Gasteiger partial charge in [0.1, 0.15) is 5.82 Å². The Bertz CT molecular complexity index is 487. The van der Waals surface area contributed by atoms with Crippen LogP contribution in [0.4, 0.5) is 5.82 Å². The van der Waals surface area contributed by atoms with Gasteiger partial charge in [0.25, 0.3) is 0 Å². The van der Waals surface area contributed by atoms with Crippen molar-refractivity contribution in [3.05, 3.63) is 34.3 Å². The fourth-order valence-corrected chi connectivity index (χ4v) is 1.80. The quantitative estimate of drug-likeness (QED) is 0.626. The molecule has 0 spiro atoms. The molecule has 3 N–H and O–H groups in total. The molecule has 1 aromatic carbocycles. The Balaban J connectivity index is 0.00000112. The van der Waals surface area contributed by atoms with Crippen molar-refractivity contribution in [1.82, 2.24) is 4.98 Å². The highest BCUT2D eigenvalue weighted by Gasteiger charge is 2.01. The van der Waals surface area contributed by atoms with E-state index in [1.807, 2.05) is 25.1 Å². The highest BCUT2D eigenvalue weighted by atomic mass is 79.9. The lowest BCUT2D eigenvalue weighted by Crippen LogP contribution is -2.08. The number of fused-ring (bicyclic) bond motifs is 1. The maximum atomic E-state index is 5.32. The number of pyridine rings is 1. The number of hydrogen-bond donors (Lipinski definition) is 2. The second-order valence-electron chi connectivity index (χ2n) is 3.13. The Morgan fingerprint density at radius 3 is 2.73 bits per heavy atom. The Labute approximate surface area is 103 Å². The topological polar surface area (TPSA) is 50.9 Å². The van der Waals surface area contributed by atoms with Crippen molar-refractivity contribution in [2.24, 2.45) is 5.84 Å². The molecule has 0 aliphatic carbocycles. The molecule has 0 amide bonds. The van der Waals surface area contributed by atoms with E-state index in [2.05, 4.69) is 32.4 Å². The van der Waals surface area contributed by atoms with Crippen LogP contribution in [0.15, 0.2) is 28.7 Å². The molecule has 1 aromatic heterocycles. The molecule has 3 nitrogen and oxygen atoms in total. The molecule has 0 bridgehead atoms. The zero-order chi connectivity index (χ0) is 10.1. The first-order valence-corrected chi connectivity index (χ1v) is 5.03. The zero-order valence-electron chi connectivity index (χ0n) is 8.12. The van der Waals surface area contributed by atoms with Gasteiger partial charge in [-0.15, -0.1) is 12.4 Å². The van der Waals surface area contributed by atoms with Gasteiger partial charge in [-0.3, -0.25) is 0 Å². The number of nitrogens with two attached hydrogens (primary N) is 1. The lowest BCUT2D eigenvalue weighted by atomic mass is 10.1. The van der Waals surface area contributed by atoms with E-state index in [0.717, 1.165) is 20.9 Å². The lowest BCUT2D eigenvalue weighted by molar-refractivity contribution is 1.25. The van der Waals surface area contributed by atoms with Crippen LogP contribution in [0.3, 0.4) is 0 Å². The summed E-state index contributed by atoms with van der Waals surface area (Å²) >= 11 is 3.43. The van der Waals surface area contributed by atoms with Gasteiger partial charge in [0.15, 0.2) is 0 Å². The summed E-state index contributed by atoms with van der Waals surface area (Å²) in [5.74, 6) is 6.01. The van der Waals surface area contributed by atoms with Crippen LogP contribution in [0.1, 0.15) is 5.56 Å². The molecule has 80 valence electrons. The maximum absolute atomic E-state index is 5.32. The van der Waals surface area contributed by atoms with Gasteiger partial charge >= 0.3 is 0 Å². The second-order valence-corrected chi connectivity index (χ2v) is 4.05. The van der Waals surface area contributed by atoms with E-state index in [1.54, 1.807) is 0 Å². The van der Waals surface area contributed by atoms with Crippen LogP contribution in [-0.2, 0) is 0 Å². The van der Waals surface area contributed by atoms with Crippen LogP contribution in [0.25, 0.3) is 10.9 Å². The Hall–Kier alpha value is -0.840. The molecule has 0 unspecified atom stereocenters. The number of hydrazine groups is 1. The number of anilines is 1. The Morgan fingerprint density at radius 2 is 2.07 bits per heavy atom. The molecule has 0 radical (unpaired) electrons. The lowest BCUT2D eigenvalue weighted by Gasteiger charge is -2.05. The monoisotopic (exact) mass is 287 g/mol. The standard InChI is InChI=1S/C10H10BrN3.ClH/c1-6-4-10(14-12)13-9-3-2-7(11)5-8(6)9;/h2-5H,12H2,1H3,(H,13,14);1H. The summed E-state index contributed by atoms with van der Waals surface area (Å²) in [4.78, 5) is 4.34. The van der Waals surface area contributed by atoms with E-state index >= 15 is 0 Å². The molecule has 0 aliphatic rings. The first-order valence-electron chi connectivity index (χ1n) is 4.24. The molecule has 0 saturated heterocycles. The van der Waals surface area contributed by atoms with Crippen LogP contribution < -0.4 is 11.3 Å². The van der Waals surface area contributed by atoms with E-state index < -0.39 is 0 Å². The number of nitrogens with zero attached hydrogens (tertiary/aromatic N) is 1. The van der Waals surface area contributed by atoms with Gasteiger partial charge in [-0.05, 0) is 36.8 Å². The summed E-state index contributed by atoms with van der Waals surface area (Å²) in [6.45, 7) is 2.04. The summed E-state index contributed by atoms with van der Waals surface area (Å²) in [5.41, 5.74) is 4.65. The van der Waals surface area contributed by atoms with Crippen molar-refractivity contribution in [3.63, 3.8) is 0 Å². The minimum atomic E-state index is 0. The minimum absolute atomic E-state index is 0. The molecule has 5 heteroatoms. The predicted octanol–water partition coefficient (Wildman–Crippen LogP) is 3.01. The van der Waals surface area contributed by atoms with Crippen molar-refractivity contribution in [1.29, 1.82) is 0 Å². The predicted molar refractivity (Wildman–Crippen MR) is 69.2 cm³/mol. The number of halogens is 2. The highest BCUT2D eigenvalue weighted by molar-refractivity contribution is 9.10. The molecule has 0 fully saturated rings. The van der Waals surface area contributed by atoms with E-state index in [1.165, 1.54) is 0 Å². The average Bonchev–Trinajstić information content (AvgIpc) is 2.19. The number of benzene rings is 1. The fourth-order valence-electron chi connectivity index (χ4n) is 1.44. The number of hydrogen-bond acceptors (Lipinski definition) is 3. The van der Waals surface area contributed by atoms with Crippen LogP contribution in [-0.4, -0.2) is 4.98 Å². The van der Waals surface area contributed by atoms with Gasteiger partial charge < -0.3 is 5.43 Å². The normalized spacial score (nSPS) is 9.80. The molecular weight excluding hydrogens is 277 g/mol. The number of aryl methyl sites for hydroxylation is 1. The second kappa shape index (κ2) is 4.79. The molecule has 0 aliphatic heterocycles. The number of rotatable bonds is 1. The van der Waals surface area contributed by atoms with Crippen LogP contribution in [0.2, 0.25) is 0 Å². The third kappa shape index (κ3) is 2.40. The molecule has 15 heavy (non-hydrogen) atoms. The van der Waals surface area contributed by atoms with Crippen molar-refractivity contribution >= 4 is 45.1 Å². The van der Waals surface area contributed by atoms with E-state index in [9.17, 15) is 0 Å². The van der Waals surface area contributed by atoms with Crippen molar-refractivity contribution in [3.8, 4) is 0 Å². The van der Waals surface area contributed by atoms with Crippen molar-refractivity contribution in [2.75, 3.05) is 5.43 Å². The van der Waals surface area contributed by atoms with Crippen LogP contribution >= 0.6 is 28.3 Å². The van der Waals surface area contributed by atoms with Crippen molar-refractivity contribution in [2.45, 2.75) is 6.92 Å². The van der Waals surface area contributed by atoms with E-state index in [0.29, 0.717) is 5.82 Å². The summed E-state index contributed by atoms with van der Waals surface area (Å²) in [6, 6.07) is 7.91. The van der Waals surface area contributed by atoms with Gasteiger partial charge in [-0.1, -0.05) is 15.9 Å². The third-order valence-electron chi connectivity index (χ3n) is 2.13. The molecule has 2 aromatic rings. The molecular formula is C10H11BrClN3. The minimum Gasteiger partial charge on any atom is -0.308 e. The average molecular weight is 289 g/mol. The maximum Gasteiger partial charge on any atom is 0.140 e. The van der Waals surface area contributed by atoms with Crippen LogP contribution in [0, 0.1) is 6.92 Å². The van der Waals surface area contributed by atoms with E-state index in [-0.39, 0.29) is 12.4 Å². The third-order valence-corrected chi connectivity index (χ3v) is 2.62. The van der Waals surface area contributed by atoms with Gasteiger partial charge in [0, 0.05) is 9.86 Å². The summed E-state index contributed by atoms with van der Waals surface area (Å²) in [6.07, 6.45) is 0. The molecule has 0 atom stereocenters. The van der Waals surface area contributed by atoms with Crippen LogP contribution in [0.5, 0.6) is 0 Å². The highest BCUT2D eigenvalue weighted by Crippen LogP contribution is 2.23. The van der Waals surface area contributed by atoms with Gasteiger partial charge in [-0.25, -0.2) is 10.8 Å². The summed E-state index contributed by atoms with van der Waals surface area (Å²) < 4.78 is 1.06. The first kappa shape index (κ1) is 12.2. The summed E-state index contributed by atoms with van der Waals surface area (Å²) in [7, 11) is 0. The van der Waals surface area contributed by atoms with Gasteiger partial charge in [0.2, 0.25) is 0 Å². The van der Waals surface area contributed by atoms with Gasteiger partial charge in [-0.2, -0.15) is 0 Å². The molecule has 1 heterocycles. The zero-order valence-corrected chi connectivity index (χ0v) is 10.5. The van der Waals surface area contributed by atoms with E-state index in [4.69, 9.17) is 5.84 Å². The SMILES string of the molecule is Cc1cc(NN)nc2ccc(Br)cc12.Cl. The fraction of sp³-hybridized carbons (Fsp3) is 0.100. The molecule has 0 saturated carbocycles. The summed E-state index contributed by atoms with van der Waals surface area (Å²) in [5, 5.41) is 1.14. The smallest absolute Gasteiger partial charge is 0.140 e. The van der Waals surface area contributed by atoms with Crippen molar-refractivity contribution < 1.29 is 0 Å². The molecule has 2 rings (SSSR count). The number of nitrogens with one attached hydrogen (secondary N) is 1. The first-order chi connectivity index (χ1) is 6.70. The number of aromatic nitrogens is 1. The largest absolute Gasteiger partial charge is 0.308 e. The van der Waals surface area contributed by atoms with Gasteiger partial charge in [0.05, 0.1) is 5.52 Å².